The van der Waals surface area contributed by atoms with Gasteiger partial charge in [-0.3, -0.25) is 0 Å². The lowest BCUT2D eigenvalue weighted by Crippen LogP contribution is -2.36. The van der Waals surface area contributed by atoms with Gasteiger partial charge in [-0.25, -0.2) is 0 Å². The summed E-state index contributed by atoms with van der Waals surface area (Å²) >= 11 is 0. The quantitative estimate of drug-likeness (QED) is 0.689. The van der Waals surface area contributed by atoms with Crippen LogP contribution in [-0.2, 0) is 4.74 Å². The average molecular weight is 333 g/mol. The normalized spacial score (nSPS) is 15.0. The fraction of sp³-hybridized carbons (Fsp3) is 0.211. The Kier molecular flexibility index (Phi) is 4.52. The molecule has 1 aliphatic heterocycles. The third kappa shape index (κ3) is 3.59. The van der Waals surface area contributed by atoms with Gasteiger partial charge in [-0.1, -0.05) is 42.5 Å². The summed E-state index contributed by atoms with van der Waals surface area (Å²) in [7, 11) is 0. The predicted molar refractivity (Wildman–Crippen MR) is 97.9 cm³/mol. The number of hydrogen-bond donors (Lipinski definition) is 0. The molecule has 2 heterocycles. The molecule has 0 radical (unpaired) electrons. The molecule has 0 saturated carbocycles. The Morgan fingerprint density at radius 3 is 2.48 bits per heavy atom. The van der Waals surface area contributed by atoms with Crippen molar-refractivity contribution in [3.05, 3.63) is 66.5 Å². The van der Waals surface area contributed by atoms with Gasteiger partial charge in [-0.05, 0) is 17.7 Å². The van der Waals surface area contributed by atoms with Crippen LogP contribution in [0.1, 0.15) is 5.56 Å². The molecule has 0 bridgehead atoms. The summed E-state index contributed by atoms with van der Waals surface area (Å²) in [6.07, 6.45) is 3.43. The number of benzene rings is 2. The number of morpholine rings is 1. The van der Waals surface area contributed by atoms with Crippen molar-refractivity contribution >= 4 is 11.9 Å². The van der Waals surface area contributed by atoms with E-state index in [1.54, 1.807) is 11.0 Å². The van der Waals surface area contributed by atoms with Gasteiger partial charge >= 0.3 is 0 Å². The Balaban J connectivity index is 1.50. The molecule has 0 amide bonds. The molecule has 0 N–H and O–H groups in total. The van der Waals surface area contributed by atoms with Crippen LogP contribution in [0.2, 0.25) is 0 Å². The fourth-order valence-corrected chi connectivity index (χ4v) is 2.81. The van der Waals surface area contributed by atoms with E-state index in [1.807, 2.05) is 36.5 Å². The van der Waals surface area contributed by atoms with Crippen LogP contribution >= 0.6 is 0 Å². The van der Waals surface area contributed by atoms with Crippen molar-refractivity contribution in [1.29, 1.82) is 0 Å². The summed E-state index contributed by atoms with van der Waals surface area (Å²) in [6, 6.07) is 18.3. The van der Waals surface area contributed by atoms with E-state index in [9.17, 15) is 0 Å². The van der Waals surface area contributed by atoms with Crippen molar-refractivity contribution in [3.63, 3.8) is 0 Å². The zero-order chi connectivity index (χ0) is 16.9. The lowest BCUT2D eigenvalue weighted by atomic mass is 10.2. The van der Waals surface area contributed by atoms with E-state index < -0.39 is 0 Å². The smallest absolute Gasteiger partial charge is 0.184 e. The number of anilines is 1. The highest BCUT2D eigenvalue weighted by atomic mass is 16.5. The van der Waals surface area contributed by atoms with Crippen molar-refractivity contribution in [2.45, 2.75) is 0 Å². The molecule has 0 atom stereocenters. The lowest BCUT2D eigenvalue weighted by Gasteiger charge is -2.28. The van der Waals surface area contributed by atoms with Gasteiger partial charge in [-0.2, -0.15) is 9.78 Å². The van der Waals surface area contributed by atoms with Crippen molar-refractivity contribution < 1.29 is 4.74 Å². The number of ether oxygens (including phenoxy) is 1. The first-order valence-electron chi connectivity index (χ1n) is 8.33. The highest BCUT2D eigenvalue weighted by molar-refractivity contribution is 5.80. The van der Waals surface area contributed by atoms with E-state index in [0.717, 1.165) is 43.3 Å². The largest absolute Gasteiger partial charge is 0.378 e. The van der Waals surface area contributed by atoms with Gasteiger partial charge in [0.05, 0.1) is 19.4 Å². The van der Waals surface area contributed by atoms with E-state index in [-0.39, 0.29) is 0 Å². The minimum atomic E-state index is 0.724. The van der Waals surface area contributed by atoms with Gasteiger partial charge in [-0.15, -0.1) is 10.2 Å². The van der Waals surface area contributed by atoms with Crippen LogP contribution in [0, 0.1) is 0 Å². The number of nitrogens with zero attached hydrogens (tertiary/aromatic N) is 5. The Morgan fingerprint density at radius 2 is 1.72 bits per heavy atom. The summed E-state index contributed by atoms with van der Waals surface area (Å²) < 4.78 is 7.08. The van der Waals surface area contributed by atoms with Crippen molar-refractivity contribution in [2.24, 2.45) is 5.10 Å². The van der Waals surface area contributed by atoms with Crippen LogP contribution in [0.5, 0.6) is 0 Å². The van der Waals surface area contributed by atoms with Crippen LogP contribution in [0.15, 0.2) is 66.0 Å². The predicted octanol–water partition coefficient (Wildman–Crippen LogP) is 2.66. The number of hydrogen-bond acceptors (Lipinski definition) is 5. The van der Waals surface area contributed by atoms with Gasteiger partial charge in [0, 0.05) is 24.3 Å². The first-order chi connectivity index (χ1) is 12.4. The molecule has 0 unspecified atom stereocenters. The second-order valence-electron chi connectivity index (χ2n) is 5.80. The second kappa shape index (κ2) is 7.27. The van der Waals surface area contributed by atoms with Crippen LogP contribution in [0.4, 0.5) is 5.69 Å². The third-order valence-electron chi connectivity index (χ3n) is 4.16. The number of aromatic nitrogens is 3. The zero-order valence-electron chi connectivity index (χ0n) is 13.8. The molecular weight excluding hydrogens is 314 g/mol. The first kappa shape index (κ1) is 15.5. The highest BCUT2D eigenvalue weighted by Crippen LogP contribution is 2.17. The lowest BCUT2D eigenvalue weighted by molar-refractivity contribution is 0.122. The minimum Gasteiger partial charge on any atom is -0.378 e. The average Bonchev–Trinajstić information content (AvgIpc) is 3.17. The van der Waals surface area contributed by atoms with E-state index >= 15 is 0 Å². The topological polar surface area (TPSA) is 55.5 Å². The molecule has 6 nitrogen and oxygen atoms in total. The maximum absolute atomic E-state index is 5.40. The second-order valence-corrected chi connectivity index (χ2v) is 5.80. The maximum Gasteiger partial charge on any atom is 0.184 e. The summed E-state index contributed by atoms with van der Waals surface area (Å²) in [5.74, 6) is 0.724. The van der Waals surface area contributed by atoms with Gasteiger partial charge in [0.15, 0.2) is 5.82 Å². The van der Waals surface area contributed by atoms with E-state index in [4.69, 9.17) is 4.74 Å². The molecule has 3 aromatic rings. The summed E-state index contributed by atoms with van der Waals surface area (Å²) in [4.78, 5) is 2.33. The van der Waals surface area contributed by atoms with Crippen LogP contribution in [0.25, 0.3) is 11.4 Å². The molecule has 1 aromatic heterocycles. The third-order valence-corrected chi connectivity index (χ3v) is 4.16. The maximum atomic E-state index is 5.40. The van der Waals surface area contributed by atoms with Gasteiger partial charge in [0.2, 0.25) is 0 Å². The van der Waals surface area contributed by atoms with Crippen molar-refractivity contribution in [2.75, 3.05) is 31.2 Å². The molecule has 126 valence electrons. The van der Waals surface area contributed by atoms with Gasteiger partial charge < -0.3 is 9.64 Å². The molecule has 0 spiro atoms. The Bertz CT molecular complexity index is 836. The fourth-order valence-electron chi connectivity index (χ4n) is 2.81. The van der Waals surface area contributed by atoms with Gasteiger partial charge in [0.1, 0.15) is 6.33 Å². The van der Waals surface area contributed by atoms with E-state index in [0.29, 0.717) is 0 Å². The monoisotopic (exact) mass is 333 g/mol. The summed E-state index contributed by atoms with van der Waals surface area (Å²) in [5.41, 5.74) is 3.24. The van der Waals surface area contributed by atoms with E-state index in [1.165, 1.54) is 5.69 Å². The molecule has 0 aliphatic carbocycles. The Hall–Kier alpha value is -2.99. The van der Waals surface area contributed by atoms with Crippen molar-refractivity contribution in [1.82, 2.24) is 14.9 Å². The molecule has 1 saturated heterocycles. The van der Waals surface area contributed by atoms with Crippen molar-refractivity contribution in [3.8, 4) is 11.4 Å². The molecule has 1 aliphatic rings. The van der Waals surface area contributed by atoms with Gasteiger partial charge in [0.25, 0.3) is 0 Å². The van der Waals surface area contributed by atoms with Crippen LogP contribution < -0.4 is 4.90 Å². The molecule has 6 heteroatoms. The molecule has 4 rings (SSSR count). The summed E-state index contributed by atoms with van der Waals surface area (Å²) in [5, 5.41) is 12.6. The number of rotatable bonds is 4. The Morgan fingerprint density at radius 1 is 0.960 bits per heavy atom. The molecule has 25 heavy (non-hydrogen) atoms. The molecular formula is C19H19N5O. The van der Waals surface area contributed by atoms with Crippen LogP contribution in [-0.4, -0.2) is 47.4 Å². The minimum absolute atomic E-state index is 0.724. The summed E-state index contributed by atoms with van der Waals surface area (Å²) in [6.45, 7) is 3.46. The van der Waals surface area contributed by atoms with Crippen LogP contribution in [0.3, 0.4) is 0 Å². The SMILES string of the molecule is C(=N/n1cnnc1-c1ccccc1)/c1ccc(N2CCOCC2)cc1. The Labute approximate surface area is 146 Å². The first-order valence-corrected chi connectivity index (χ1v) is 8.33. The standard InChI is InChI=1S/C19H19N5O/c1-2-4-17(5-3-1)19-22-20-15-24(19)21-14-16-6-8-18(9-7-16)23-10-12-25-13-11-23/h1-9,14-15H,10-13H2/b21-14-. The van der Waals surface area contributed by atoms with E-state index in [2.05, 4.69) is 44.5 Å². The molecule has 1 fully saturated rings. The zero-order valence-corrected chi connectivity index (χ0v) is 13.8. The molecule has 2 aromatic carbocycles. The highest BCUT2D eigenvalue weighted by Gasteiger charge is 2.10.